The highest BCUT2D eigenvalue weighted by molar-refractivity contribution is 7.47. The lowest BCUT2D eigenvalue weighted by molar-refractivity contribution is -0.161. The topological polar surface area (TPSA) is 237 Å². The molecule has 0 aliphatic heterocycles. The first kappa shape index (κ1) is 110. The highest BCUT2D eigenvalue weighted by Gasteiger charge is 2.31. The Labute approximate surface area is 689 Å². The third-order valence-electron chi connectivity index (χ3n) is 22.2. The highest BCUT2D eigenvalue weighted by Crippen LogP contribution is 2.45. The van der Waals surface area contributed by atoms with E-state index in [1.807, 2.05) is 0 Å². The molecule has 0 saturated carbocycles. The lowest BCUT2D eigenvalue weighted by Crippen LogP contribution is -2.30. The molecule has 3 unspecified atom stereocenters. The summed E-state index contributed by atoms with van der Waals surface area (Å²) in [5.41, 5.74) is 0. The Hall–Kier alpha value is -1.94. The number of aliphatic hydroxyl groups excluding tert-OH is 1. The Kier molecular flexibility index (Phi) is 81.3. The molecule has 0 aliphatic rings. The van der Waals surface area contributed by atoms with Crippen molar-refractivity contribution in [3.05, 3.63) is 0 Å². The van der Waals surface area contributed by atoms with Gasteiger partial charge in [-0.25, -0.2) is 9.13 Å². The molecule has 0 bridgehead atoms. The normalized spacial score (nSPS) is 14.0. The Morgan fingerprint density at radius 3 is 0.679 bits per heavy atom. The SMILES string of the molecule is CCCCCCCCCCCCCCCCCCCCCCCCC(=O)O[C@H](COC(=O)CCCCCCCCCCCCCCCCCCCCC(C)C)COP(=O)(O)OC[C@@H](O)COP(=O)(O)OC[C@@H](COC(=O)CCCCCCCCC(C)CC)OC(=O)CCCCCCCCCCCCCCCCCCC(C)C. The summed E-state index contributed by atoms with van der Waals surface area (Å²) < 4.78 is 69.1. The zero-order valence-electron chi connectivity index (χ0n) is 74.2. The number of hydrogen-bond acceptors (Lipinski definition) is 15. The summed E-state index contributed by atoms with van der Waals surface area (Å²) in [4.78, 5) is 73.4. The Morgan fingerprint density at radius 1 is 0.259 bits per heavy atom. The summed E-state index contributed by atoms with van der Waals surface area (Å²) in [6, 6.07) is 0. The molecule has 0 aromatic carbocycles. The van der Waals surface area contributed by atoms with Crippen LogP contribution in [0.25, 0.3) is 0 Å². The van der Waals surface area contributed by atoms with Gasteiger partial charge >= 0.3 is 39.5 Å². The fourth-order valence-corrected chi connectivity index (χ4v) is 16.2. The summed E-state index contributed by atoms with van der Waals surface area (Å²) in [6.45, 7) is 12.0. The fourth-order valence-electron chi connectivity index (χ4n) is 14.6. The van der Waals surface area contributed by atoms with E-state index in [0.29, 0.717) is 25.7 Å². The molecule has 0 heterocycles. The molecule has 0 amide bonds. The number of phosphoric ester groups is 2. The summed E-state index contributed by atoms with van der Waals surface area (Å²) in [5.74, 6) is 0.264. The minimum Gasteiger partial charge on any atom is -0.462 e. The zero-order chi connectivity index (χ0) is 82.2. The first-order valence-electron chi connectivity index (χ1n) is 47.9. The van der Waals surface area contributed by atoms with Crippen LogP contribution in [0.3, 0.4) is 0 Å². The number of ether oxygens (including phenoxy) is 4. The van der Waals surface area contributed by atoms with Crippen LogP contribution >= 0.6 is 15.6 Å². The maximum Gasteiger partial charge on any atom is 0.472 e. The minimum absolute atomic E-state index is 0.107. The van der Waals surface area contributed by atoms with Crippen LogP contribution in [0.1, 0.15) is 498 Å². The van der Waals surface area contributed by atoms with Crippen molar-refractivity contribution in [2.75, 3.05) is 39.6 Å². The van der Waals surface area contributed by atoms with Gasteiger partial charge < -0.3 is 33.8 Å². The highest BCUT2D eigenvalue weighted by atomic mass is 31.2. The number of aliphatic hydroxyl groups is 1. The monoisotopic (exact) mass is 1630 g/mol. The molecule has 666 valence electrons. The second-order valence-corrected chi connectivity index (χ2v) is 37.5. The van der Waals surface area contributed by atoms with Gasteiger partial charge in [0.05, 0.1) is 26.4 Å². The molecule has 19 heteroatoms. The van der Waals surface area contributed by atoms with Crippen molar-refractivity contribution >= 4 is 39.5 Å². The van der Waals surface area contributed by atoms with Gasteiger partial charge in [-0.15, -0.1) is 0 Å². The maximum atomic E-state index is 13.2. The Morgan fingerprint density at radius 2 is 0.455 bits per heavy atom. The van der Waals surface area contributed by atoms with Crippen LogP contribution in [-0.2, 0) is 65.4 Å². The van der Waals surface area contributed by atoms with Crippen molar-refractivity contribution in [3.63, 3.8) is 0 Å². The molecule has 6 atom stereocenters. The smallest absolute Gasteiger partial charge is 0.462 e. The maximum absolute atomic E-state index is 13.2. The molecule has 17 nitrogen and oxygen atoms in total. The van der Waals surface area contributed by atoms with Crippen LogP contribution in [0, 0.1) is 17.8 Å². The van der Waals surface area contributed by atoms with Crippen molar-refractivity contribution in [1.29, 1.82) is 0 Å². The third-order valence-corrected chi connectivity index (χ3v) is 24.1. The van der Waals surface area contributed by atoms with E-state index in [0.717, 1.165) is 114 Å². The van der Waals surface area contributed by atoms with Crippen molar-refractivity contribution < 1.29 is 80.2 Å². The van der Waals surface area contributed by atoms with E-state index in [-0.39, 0.29) is 25.7 Å². The summed E-state index contributed by atoms with van der Waals surface area (Å²) in [5, 5.41) is 10.7. The lowest BCUT2D eigenvalue weighted by atomic mass is 10.00. The van der Waals surface area contributed by atoms with Crippen molar-refractivity contribution in [1.82, 2.24) is 0 Å². The number of unbranched alkanes of at least 4 members (excludes halogenated alkanes) is 58. The number of carbonyl (C=O) groups excluding carboxylic acids is 4. The first-order chi connectivity index (χ1) is 54.3. The number of phosphoric acid groups is 2. The van der Waals surface area contributed by atoms with Crippen LogP contribution < -0.4 is 0 Å². The van der Waals surface area contributed by atoms with Gasteiger partial charge in [0.15, 0.2) is 12.2 Å². The predicted molar refractivity (Wildman–Crippen MR) is 465 cm³/mol. The van der Waals surface area contributed by atoms with E-state index >= 15 is 0 Å². The molecule has 0 rings (SSSR count). The Balaban J connectivity index is 5.21. The van der Waals surface area contributed by atoms with Gasteiger partial charge in [0.2, 0.25) is 0 Å². The quantitative estimate of drug-likeness (QED) is 0.0222. The molecule has 0 saturated heterocycles. The second kappa shape index (κ2) is 82.7. The molecule has 0 fully saturated rings. The van der Waals surface area contributed by atoms with E-state index < -0.39 is 97.5 Å². The second-order valence-electron chi connectivity index (χ2n) is 34.6. The molecule has 112 heavy (non-hydrogen) atoms. The van der Waals surface area contributed by atoms with Gasteiger partial charge in [0.1, 0.15) is 19.3 Å². The largest absolute Gasteiger partial charge is 0.472 e. The molecular formula is C93H182O17P2. The third kappa shape index (κ3) is 84.5. The molecule has 0 aliphatic carbocycles. The molecule has 0 aromatic rings. The number of hydrogen-bond donors (Lipinski definition) is 3. The van der Waals surface area contributed by atoms with Gasteiger partial charge in [-0.1, -0.05) is 447 Å². The van der Waals surface area contributed by atoms with Crippen LogP contribution in [0.4, 0.5) is 0 Å². The molecule has 0 spiro atoms. The average molecular weight is 1630 g/mol. The Bertz CT molecular complexity index is 2150. The standard InChI is InChI=1S/C93H182O17P2/c1-8-10-11-12-13-14-15-16-17-18-19-20-21-22-27-33-38-43-48-53-62-69-76-92(97)109-88(80-103-90(95)74-67-60-52-47-42-37-32-26-24-23-25-30-35-40-45-50-57-64-71-84(3)4)82-107-111(99,100)105-78-87(94)79-106-112(101,102)108-83-89(81-104-91(96)75-68-61-56-55-59-66-73-86(7)9-2)110-93(98)77-70-63-54-49-44-39-34-29-28-31-36-41-46-51-58-65-72-85(5)6/h84-89,94H,8-83H2,1-7H3,(H,99,100)(H,101,102)/t86?,87-,88-,89-/m1/s1. The van der Waals surface area contributed by atoms with Gasteiger partial charge in [-0.05, 0) is 43.4 Å². The van der Waals surface area contributed by atoms with Crippen molar-refractivity contribution in [2.45, 2.75) is 516 Å². The number of carbonyl (C=O) groups is 4. The van der Waals surface area contributed by atoms with E-state index in [4.69, 9.17) is 37.0 Å². The molecule has 0 aromatic heterocycles. The average Bonchev–Trinajstić information content (AvgIpc) is 0.898. The molecule has 3 N–H and O–H groups in total. The van der Waals surface area contributed by atoms with E-state index in [2.05, 4.69) is 48.5 Å². The van der Waals surface area contributed by atoms with Crippen LogP contribution in [-0.4, -0.2) is 96.7 Å². The van der Waals surface area contributed by atoms with Crippen molar-refractivity contribution in [2.24, 2.45) is 17.8 Å². The van der Waals surface area contributed by atoms with Crippen molar-refractivity contribution in [3.8, 4) is 0 Å². The van der Waals surface area contributed by atoms with E-state index in [9.17, 15) is 43.2 Å². The zero-order valence-corrected chi connectivity index (χ0v) is 75.9. The first-order valence-corrected chi connectivity index (χ1v) is 50.9. The van der Waals surface area contributed by atoms with Crippen LogP contribution in [0.2, 0.25) is 0 Å². The minimum atomic E-state index is -4.97. The summed E-state index contributed by atoms with van der Waals surface area (Å²) >= 11 is 0. The van der Waals surface area contributed by atoms with Gasteiger partial charge in [-0.2, -0.15) is 0 Å². The number of rotatable bonds is 91. The van der Waals surface area contributed by atoms with Crippen LogP contribution in [0.5, 0.6) is 0 Å². The fraction of sp³-hybridized carbons (Fsp3) is 0.957. The summed E-state index contributed by atoms with van der Waals surface area (Å²) in [7, 11) is -9.94. The van der Waals surface area contributed by atoms with Crippen LogP contribution in [0.15, 0.2) is 0 Å². The molecular weight excluding hydrogens is 1450 g/mol. The summed E-state index contributed by atoms with van der Waals surface area (Å²) in [6.07, 6.45) is 76.7. The van der Waals surface area contributed by atoms with Gasteiger partial charge in [0, 0.05) is 25.7 Å². The predicted octanol–water partition coefficient (Wildman–Crippen LogP) is 28.8. The van der Waals surface area contributed by atoms with Gasteiger partial charge in [-0.3, -0.25) is 37.3 Å². The number of esters is 4. The van der Waals surface area contributed by atoms with E-state index in [1.54, 1.807) is 0 Å². The molecule has 0 radical (unpaired) electrons. The lowest BCUT2D eigenvalue weighted by Gasteiger charge is -2.21. The van der Waals surface area contributed by atoms with E-state index in [1.165, 1.54) is 302 Å². The van der Waals surface area contributed by atoms with Gasteiger partial charge in [0.25, 0.3) is 0 Å².